The van der Waals surface area contributed by atoms with Crippen LogP contribution in [0.15, 0.2) is 72.8 Å². The number of rotatable bonds is 9. The van der Waals surface area contributed by atoms with E-state index in [0.29, 0.717) is 23.5 Å². The lowest BCUT2D eigenvalue weighted by Gasteiger charge is -2.13. The Hall–Kier alpha value is -4.27. The maximum Gasteiger partial charge on any atom is 0.416 e. The van der Waals surface area contributed by atoms with Crippen LogP contribution >= 0.6 is 0 Å². The van der Waals surface area contributed by atoms with E-state index in [0.717, 1.165) is 12.1 Å². The van der Waals surface area contributed by atoms with Crippen molar-refractivity contribution >= 4 is 23.5 Å². The van der Waals surface area contributed by atoms with E-state index in [9.17, 15) is 27.9 Å². The molecule has 0 bridgehead atoms. The summed E-state index contributed by atoms with van der Waals surface area (Å²) in [4.78, 5) is 24.5. The van der Waals surface area contributed by atoms with Gasteiger partial charge in [-0.3, -0.25) is 9.59 Å². The highest BCUT2D eigenvalue weighted by Crippen LogP contribution is 2.31. The summed E-state index contributed by atoms with van der Waals surface area (Å²) in [5.74, 6) is -0.248. The molecule has 2 N–H and O–H groups in total. The quantitative estimate of drug-likeness (QED) is 0.299. The van der Waals surface area contributed by atoms with Crippen molar-refractivity contribution in [2.75, 3.05) is 18.5 Å². The standard InChI is InChI=1S/C26H22F3NO5/c1-2-34-24-14-17(6-12-22(32)18-8-10-21(31)11-9-18)7-13-23(24)35-16-25(33)30-20-5-3-4-19(15-20)26(27,28)29/h3-15,31H,2,16H2,1H3,(H,30,33)/b12-6+. The van der Waals surface area contributed by atoms with Crippen molar-refractivity contribution in [3.05, 3.63) is 89.5 Å². The highest BCUT2D eigenvalue weighted by atomic mass is 19.4. The van der Waals surface area contributed by atoms with Crippen molar-refractivity contribution in [3.8, 4) is 17.2 Å². The number of anilines is 1. The lowest BCUT2D eigenvalue weighted by atomic mass is 10.1. The van der Waals surface area contributed by atoms with Gasteiger partial charge in [0.2, 0.25) is 0 Å². The molecular weight excluding hydrogens is 463 g/mol. The number of phenols is 1. The first kappa shape index (κ1) is 25.4. The third-order valence-electron chi connectivity index (χ3n) is 4.68. The molecule has 9 heteroatoms. The van der Waals surface area contributed by atoms with Gasteiger partial charge in [0.25, 0.3) is 5.91 Å². The normalized spacial score (nSPS) is 11.3. The van der Waals surface area contributed by atoms with Gasteiger partial charge in [-0.1, -0.05) is 18.2 Å². The summed E-state index contributed by atoms with van der Waals surface area (Å²) in [6, 6.07) is 15.0. The maximum absolute atomic E-state index is 12.8. The number of ketones is 1. The Morgan fingerprint density at radius 3 is 2.40 bits per heavy atom. The fourth-order valence-corrected chi connectivity index (χ4v) is 3.02. The number of aromatic hydroxyl groups is 1. The van der Waals surface area contributed by atoms with Crippen LogP contribution in [-0.2, 0) is 11.0 Å². The highest BCUT2D eigenvalue weighted by molar-refractivity contribution is 6.06. The van der Waals surface area contributed by atoms with E-state index in [1.807, 2.05) is 0 Å². The van der Waals surface area contributed by atoms with Gasteiger partial charge in [-0.05, 0) is 73.2 Å². The molecule has 0 saturated carbocycles. The first-order chi connectivity index (χ1) is 16.7. The SMILES string of the molecule is CCOc1cc(/C=C/C(=O)c2ccc(O)cc2)ccc1OCC(=O)Nc1cccc(C(F)(F)F)c1. The monoisotopic (exact) mass is 485 g/mol. The van der Waals surface area contributed by atoms with Gasteiger partial charge in [-0.2, -0.15) is 13.2 Å². The van der Waals surface area contributed by atoms with Gasteiger partial charge >= 0.3 is 6.18 Å². The summed E-state index contributed by atoms with van der Waals surface area (Å²) in [6.45, 7) is 1.62. The molecule has 35 heavy (non-hydrogen) atoms. The Morgan fingerprint density at radius 1 is 0.971 bits per heavy atom. The number of nitrogens with one attached hydrogen (secondary N) is 1. The molecule has 3 aromatic rings. The summed E-state index contributed by atoms with van der Waals surface area (Å²) < 4.78 is 49.6. The summed E-state index contributed by atoms with van der Waals surface area (Å²) in [5, 5.41) is 11.7. The van der Waals surface area contributed by atoms with Crippen LogP contribution in [0.3, 0.4) is 0 Å². The summed E-state index contributed by atoms with van der Waals surface area (Å²) in [5.41, 5.74) is 0.178. The molecule has 0 aromatic heterocycles. The number of carbonyl (C=O) groups excluding carboxylic acids is 2. The highest BCUT2D eigenvalue weighted by Gasteiger charge is 2.30. The molecule has 0 fully saturated rings. The first-order valence-corrected chi connectivity index (χ1v) is 10.5. The second-order valence-corrected chi connectivity index (χ2v) is 7.30. The van der Waals surface area contributed by atoms with Crippen LogP contribution in [0.4, 0.5) is 18.9 Å². The largest absolute Gasteiger partial charge is 0.508 e. The van der Waals surface area contributed by atoms with Crippen molar-refractivity contribution in [2.24, 2.45) is 0 Å². The van der Waals surface area contributed by atoms with Crippen molar-refractivity contribution in [3.63, 3.8) is 0 Å². The molecule has 0 radical (unpaired) electrons. The van der Waals surface area contributed by atoms with E-state index in [-0.39, 0.29) is 23.0 Å². The number of carbonyl (C=O) groups is 2. The molecule has 0 aliphatic heterocycles. The molecule has 3 rings (SSSR count). The fraction of sp³-hybridized carbons (Fsp3) is 0.154. The molecule has 3 aromatic carbocycles. The topological polar surface area (TPSA) is 84.9 Å². The third-order valence-corrected chi connectivity index (χ3v) is 4.68. The zero-order chi connectivity index (χ0) is 25.4. The molecule has 0 aliphatic rings. The maximum atomic E-state index is 12.8. The smallest absolute Gasteiger partial charge is 0.416 e. The zero-order valence-electron chi connectivity index (χ0n) is 18.6. The van der Waals surface area contributed by atoms with Gasteiger partial charge < -0.3 is 19.9 Å². The van der Waals surface area contributed by atoms with E-state index in [4.69, 9.17) is 9.47 Å². The number of phenolic OH excluding ortho intramolecular Hbond substituents is 1. The number of benzene rings is 3. The molecule has 182 valence electrons. The van der Waals surface area contributed by atoms with Gasteiger partial charge in [0, 0.05) is 11.3 Å². The zero-order valence-corrected chi connectivity index (χ0v) is 18.6. The molecule has 0 atom stereocenters. The molecule has 0 saturated heterocycles. The van der Waals surface area contributed by atoms with Gasteiger partial charge in [0.15, 0.2) is 23.9 Å². The Labute approximate surface area is 199 Å². The van der Waals surface area contributed by atoms with Crippen molar-refractivity contribution in [1.82, 2.24) is 0 Å². The number of allylic oxidation sites excluding steroid dienone is 1. The minimum absolute atomic E-state index is 0.00256. The van der Waals surface area contributed by atoms with Gasteiger partial charge in [0.05, 0.1) is 12.2 Å². The molecule has 0 unspecified atom stereocenters. The summed E-state index contributed by atoms with van der Waals surface area (Å²) in [7, 11) is 0. The minimum Gasteiger partial charge on any atom is -0.508 e. The Bertz CT molecular complexity index is 1220. The molecule has 0 heterocycles. The number of amides is 1. The van der Waals surface area contributed by atoms with Crippen molar-refractivity contribution in [2.45, 2.75) is 13.1 Å². The number of halogens is 3. The second kappa shape index (κ2) is 11.2. The van der Waals surface area contributed by atoms with Crippen LogP contribution in [-0.4, -0.2) is 30.0 Å². The van der Waals surface area contributed by atoms with Crippen molar-refractivity contribution < 1.29 is 37.3 Å². The van der Waals surface area contributed by atoms with Crippen molar-refractivity contribution in [1.29, 1.82) is 0 Å². The number of hydrogen-bond acceptors (Lipinski definition) is 5. The molecule has 0 spiro atoms. The van der Waals surface area contributed by atoms with Gasteiger partial charge in [-0.15, -0.1) is 0 Å². The van der Waals surface area contributed by atoms with Crippen LogP contribution < -0.4 is 14.8 Å². The van der Waals surface area contributed by atoms with Crippen LogP contribution in [0.1, 0.15) is 28.4 Å². The lowest BCUT2D eigenvalue weighted by Crippen LogP contribution is -2.20. The predicted octanol–water partition coefficient (Wildman–Crippen LogP) is 5.72. The van der Waals surface area contributed by atoms with Gasteiger partial charge in [0.1, 0.15) is 5.75 Å². The number of hydrogen-bond donors (Lipinski definition) is 2. The lowest BCUT2D eigenvalue weighted by molar-refractivity contribution is -0.137. The van der Waals surface area contributed by atoms with Crippen LogP contribution in [0.5, 0.6) is 17.2 Å². The summed E-state index contributed by atoms with van der Waals surface area (Å²) >= 11 is 0. The van der Waals surface area contributed by atoms with E-state index < -0.39 is 24.3 Å². The number of alkyl halides is 3. The van der Waals surface area contributed by atoms with Crippen LogP contribution in [0.25, 0.3) is 6.08 Å². The molecule has 1 amide bonds. The summed E-state index contributed by atoms with van der Waals surface area (Å²) in [6.07, 6.45) is -1.56. The molecular formula is C26H22F3NO5. The second-order valence-electron chi connectivity index (χ2n) is 7.30. The average Bonchev–Trinajstić information content (AvgIpc) is 2.82. The van der Waals surface area contributed by atoms with E-state index in [1.54, 1.807) is 31.2 Å². The minimum atomic E-state index is -4.52. The number of ether oxygens (including phenoxy) is 2. The molecule has 0 aliphatic carbocycles. The van der Waals surface area contributed by atoms with E-state index in [1.165, 1.54) is 42.5 Å². The van der Waals surface area contributed by atoms with Gasteiger partial charge in [-0.25, -0.2) is 0 Å². The predicted molar refractivity (Wildman–Crippen MR) is 125 cm³/mol. The first-order valence-electron chi connectivity index (χ1n) is 10.5. The van der Waals surface area contributed by atoms with Crippen LogP contribution in [0.2, 0.25) is 0 Å². The Kier molecular flexibility index (Phi) is 8.14. The third kappa shape index (κ3) is 7.36. The fourth-order valence-electron chi connectivity index (χ4n) is 3.02. The Morgan fingerprint density at radius 2 is 1.71 bits per heavy atom. The average molecular weight is 485 g/mol. The molecule has 6 nitrogen and oxygen atoms in total. The van der Waals surface area contributed by atoms with E-state index >= 15 is 0 Å². The Balaban J connectivity index is 1.65. The van der Waals surface area contributed by atoms with E-state index in [2.05, 4.69) is 5.32 Å². The van der Waals surface area contributed by atoms with Crippen LogP contribution in [0, 0.1) is 0 Å².